The lowest BCUT2D eigenvalue weighted by Crippen LogP contribution is -2.58. The van der Waals surface area contributed by atoms with E-state index in [0.29, 0.717) is 0 Å². The maximum Gasteiger partial charge on any atom is 0.423 e. The molecule has 1 heterocycles. The van der Waals surface area contributed by atoms with E-state index >= 15 is 0 Å². The van der Waals surface area contributed by atoms with Crippen LogP contribution in [0.15, 0.2) is 0 Å². The zero-order chi connectivity index (χ0) is 11.0. The molecular weight excluding hydrogens is 180 g/mol. The van der Waals surface area contributed by atoms with Crippen molar-refractivity contribution in [1.29, 1.82) is 0 Å². The molecule has 0 atom stereocenters. The zero-order valence-electron chi connectivity index (χ0n) is 9.46. The third-order valence-corrected chi connectivity index (χ3v) is 3.64. The molecule has 0 aromatic rings. The summed E-state index contributed by atoms with van der Waals surface area (Å²) in [5, 5.41) is 1.71. The van der Waals surface area contributed by atoms with E-state index in [1.807, 2.05) is 0 Å². The van der Waals surface area contributed by atoms with Gasteiger partial charge in [0, 0.05) is 6.54 Å². The van der Waals surface area contributed by atoms with E-state index in [-0.39, 0.29) is 11.0 Å². The molecule has 0 aromatic carbocycles. The Balaban J connectivity index is 2.81. The average Bonchev–Trinajstić information content (AvgIpc) is 1.98. The van der Waals surface area contributed by atoms with Gasteiger partial charge in [0.1, 0.15) is 0 Å². The molecule has 1 aliphatic heterocycles. The van der Waals surface area contributed by atoms with Gasteiger partial charge in [-0.15, -0.1) is 5.06 Å². The van der Waals surface area contributed by atoms with E-state index in [4.69, 9.17) is 10.6 Å². The molecule has 0 aliphatic carbocycles. The third-order valence-electron chi connectivity index (χ3n) is 3.64. The maximum atomic E-state index is 10.7. The summed E-state index contributed by atoms with van der Waals surface area (Å²) in [6, 6.07) is 0. The van der Waals surface area contributed by atoms with Crippen LogP contribution in [0.3, 0.4) is 0 Å². The van der Waals surface area contributed by atoms with Gasteiger partial charge in [-0.2, -0.15) is 0 Å². The molecule has 1 amide bonds. The highest BCUT2D eigenvalue weighted by atomic mass is 16.7. The summed E-state index contributed by atoms with van der Waals surface area (Å²) in [4.78, 5) is 15.7. The Kier molecular flexibility index (Phi) is 2.76. The standard InChI is InChI=1S/C10H20N2O2/c1-9(2)6-5-7-12(10(9,3)4)14-8(11)13/h5-7H2,1-4H3,(H2,11,13). The summed E-state index contributed by atoms with van der Waals surface area (Å²) < 4.78 is 0. The number of hydrogen-bond acceptors (Lipinski definition) is 3. The number of rotatable bonds is 1. The molecular formula is C10H20N2O2. The molecule has 0 bridgehead atoms. The molecule has 4 nitrogen and oxygen atoms in total. The molecule has 0 unspecified atom stereocenters. The SMILES string of the molecule is CC1(C)CCCN(OC(N)=O)C1(C)C. The first kappa shape index (κ1) is 11.3. The Hall–Kier alpha value is -0.770. The van der Waals surface area contributed by atoms with Gasteiger partial charge in [-0.3, -0.25) is 0 Å². The summed E-state index contributed by atoms with van der Waals surface area (Å²) >= 11 is 0. The van der Waals surface area contributed by atoms with Gasteiger partial charge in [0.05, 0.1) is 5.54 Å². The van der Waals surface area contributed by atoms with E-state index in [9.17, 15) is 4.79 Å². The molecule has 82 valence electrons. The average molecular weight is 200 g/mol. The van der Waals surface area contributed by atoms with Gasteiger partial charge in [0.25, 0.3) is 0 Å². The van der Waals surface area contributed by atoms with Gasteiger partial charge < -0.3 is 10.6 Å². The fourth-order valence-corrected chi connectivity index (χ4v) is 1.86. The normalized spacial score (nSPS) is 25.7. The molecule has 1 aliphatic rings. The van der Waals surface area contributed by atoms with Crippen LogP contribution in [-0.2, 0) is 4.84 Å². The fraction of sp³-hybridized carbons (Fsp3) is 0.900. The first-order valence-electron chi connectivity index (χ1n) is 5.02. The fourth-order valence-electron chi connectivity index (χ4n) is 1.86. The van der Waals surface area contributed by atoms with Crippen molar-refractivity contribution >= 4 is 6.09 Å². The van der Waals surface area contributed by atoms with Crippen molar-refractivity contribution in [3.05, 3.63) is 0 Å². The van der Waals surface area contributed by atoms with Crippen molar-refractivity contribution in [2.24, 2.45) is 11.1 Å². The highest BCUT2D eigenvalue weighted by Gasteiger charge is 2.46. The highest BCUT2D eigenvalue weighted by Crippen LogP contribution is 2.43. The minimum absolute atomic E-state index is 0.126. The van der Waals surface area contributed by atoms with Crippen LogP contribution >= 0.6 is 0 Å². The number of nitrogens with two attached hydrogens (primary N) is 1. The number of nitrogens with zero attached hydrogens (tertiary/aromatic N) is 1. The monoisotopic (exact) mass is 200 g/mol. The van der Waals surface area contributed by atoms with Crippen LogP contribution in [0.4, 0.5) is 4.79 Å². The number of piperidine rings is 1. The lowest BCUT2D eigenvalue weighted by molar-refractivity contribution is -0.215. The minimum Gasteiger partial charge on any atom is -0.351 e. The first-order chi connectivity index (χ1) is 6.27. The van der Waals surface area contributed by atoms with E-state index in [2.05, 4.69) is 27.7 Å². The van der Waals surface area contributed by atoms with Gasteiger partial charge in [0.15, 0.2) is 0 Å². The Morgan fingerprint density at radius 2 is 1.93 bits per heavy atom. The van der Waals surface area contributed by atoms with Crippen molar-refractivity contribution in [3.8, 4) is 0 Å². The highest BCUT2D eigenvalue weighted by molar-refractivity contribution is 5.64. The second-order valence-electron chi connectivity index (χ2n) is 5.06. The molecule has 0 saturated carbocycles. The third kappa shape index (κ3) is 1.85. The van der Waals surface area contributed by atoms with Gasteiger partial charge in [0.2, 0.25) is 0 Å². The topological polar surface area (TPSA) is 55.6 Å². The minimum atomic E-state index is -0.726. The molecule has 1 saturated heterocycles. The first-order valence-corrected chi connectivity index (χ1v) is 5.02. The van der Waals surface area contributed by atoms with E-state index in [1.54, 1.807) is 5.06 Å². The number of hydrogen-bond donors (Lipinski definition) is 1. The summed E-state index contributed by atoms with van der Waals surface area (Å²) in [5.41, 5.74) is 4.99. The summed E-state index contributed by atoms with van der Waals surface area (Å²) in [6.45, 7) is 9.29. The van der Waals surface area contributed by atoms with Crippen molar-refractivity contribution in [2.45, 2.75) is 46.1 Å². The van der Waals surface area contributed by atoms with Gasteiger partial charge in [-0.1, -0.05) is 13.8 Å². The Labute approximate surface area is 85.3 Å². The maximum absolute atomic E-state index is 10.7. The van der Waals surface area contributed by atoms with Crippen molar-refractivity contribution in [1.82, 2.24) is 5.06 Å². The van der Waals surface area contributed by atoms with Gasteiger partial charge in [-0.25, -0.2) is 4.79 Å². The Bertz CT molecular complexity index is 236. The smallest absolute Gasteiger partial charge is 0.351 e. The van der Waals surface area contributed by atoms with Crippen LogP contribution in [0.5, 0.6) is 0 Å². The summed E-state index contributed by atoms with van der Waals surface area (Å²) in [6.07, 6.45) is 1.44. The molecule has 1 fully saturated rings. The van der Waals surface area contributed by atoms with E-state index in [0.717, 1.165) is 19.4 Å². The molecule has 0 spiro atoms. The van der Waals surface area contributed by atoms with Crippen LogP contribution < -0.4 is 5.73 Å². The second kappa shape index (κ2) is 3.42. The predicted octanol–water partition coefficient (Wildman–Crippen LogP) is 1.90. The molecule has 1 rings (SSSR count). The predicted molar refractivity (Wildman–Crippen MR) is 54.5 cm³/mol. The molecule has 0 radical (unpaired) electrons. The number of amides is 1. The van der Waals surface area contributed by atoms with Gasteiger partial charge >= 0.3 is 6.09 Å². The van der Waals surface area contributed by atoms with E-state index < -0.39 is 6.09 Å². The van der Waals surface area contributed by atoms with Crippen LogP contribution in [-0.4, -0.2) is 23.2 Å². The van der Waals surface area contributed by atoms with Crippen LogP contribution in [0, 0.1) is 5.41 Å². The number of hydroxylamine groups is 2. The zero-order valence-corrected chi connectivity index (χ0v) is 9.46. The molecule has 4 heteroatoms. The van der Waals surface area contributed by atoms with Gasteiger partial charge in [-0.05, 0) is 32.1 Å². The van der Waals surface area contributed by atoms with Crippen LogP contribution in [0.2, 0.25) is 0 Å². The lowest BCUT2D eigenvalue weighted by Gasteiger charge is -2.51. The van der Waals surface area contributed by atoms with Crippen molar-refractivity contribution in [2.75, 3.05) is 6.54 Å². The van der Waals surface area contributed by atoms with Crippen molar-refractivity contribution < 1.29 is 9.63 Å². The number of primary amides is 1. The number of carbonyl (C=O) groups is 1. The van der Waals surface area contributed by atoms with E-state index in [1.165, 1.54) is 0 Å². The summed E-state index contributed by atoms with van der Waals surface area (Å²) in [7, 11) is 0. The summed E-state index contributed by atoms with van der Waals surface area (Å²) in [5.74, 6) is 0. The molecule has 2 N–H and O–H groups in total. The lowest BCUT2D eigenvalue weighted by atomic mass is 9.69. The molecule has 0 aromatic heterocycles. The van der Waals surface area contributed by atoms with Crippen molar-refractivity contribution in [3.63, 3.8) is 0 Å². The Morgan fingerprint density at radius 1 is 1.36 bits per heavy atom. The molecule has 14 heavy (non-hydrogen) atoms. The Morgan fingerprint density at radius 3 is 2.43 bits per heavy atom. The second-order valence-corrected chi connectivity index (χ2v) is 5.06. The van der Waals surface area contributed by atoms with Crippen LogP contribution in [0.1, 0.15) is 40.5 Å². The quantitative estimate of drug-likeness (QED) is 0.703. The van der Waals surface area contributed by atoms with Crippen LogP contribution in [0.25, 0.3) is 0 Å². The largest absolute Gasteiger partial charge is 0.423 e. The number of carbonyl (C=O) groups excluding carboxylic acids is 1.